The average molecular weight is 615 g/mol. The summed E-state index contributed by atoms with van der Waals surface area (Å²) in [6.07, 6.45) is 14.0. The van der Waals surface area contributed by atoms with Crippen LogP contribution in [0.1, 0.15) is 98.0 Å². The quantitative estimate of drug-likeness (QED) is 0.401. The lowest BCUT2D eigenvalue weighted by molar-refractivity contribution is -0.171. The summed E-state index contributed by atoms with van der Waals surface area (Å²) in [5.41, 5.74) is -0.792. The molecule has 8 aliphatic carbocycles. The largest absolute Gasteiger partial charge is 0.481 e. The van der Waals surface area contributed by atoms with Crippen LogP contribution in [0, 0.1) is 34.5 Å². The van der Waals surface area contributed by atoms with Crippen molar-refractivity contribution in [2.45, 2.75) is 88.1 Å². The second-order valence-electron chi connectivity index (χ2n) is 15.2. The fraction of sp³-hybridized carbons (Fsp3) is 0.600. The number of amides is 2. The van der Waals surface area contributed by atoms with Gasteiger partial charge in [-0.3, -0.25) is 29.1 Å². The van der Waals surface area contributed by atoms with E-state index in [0.29, 0.717) is 47.9 Å². The summed E-state index contributed by atoms with van der Waals surface area (Å²) in [6.45, 7) is 0. The number of carbonyl (C=O) groups excluding carboxylic acids is 3. The maximum Gasteiger partial charge on any atom is 0.311 e. The maximum atomic E-state index is 12.6. The van der Waals surface area contributed by atoms with Crippen LogP contribution in [0.4, 0.5) is 0 Å². The lowest BCUT2D eigenvalue weighted by Crippen LogP contribution is -2.65. The maximum absolute atomic E-state index is 12.6. The Morgan fingerprint density at radius 1 is 0.689 bits per heavy atom. The summed E-state index contributed by atoms with van der Waals surface area (Å²) in [4.78, 5) is 57.6. The van der Waals surface area contributed by atoms with Crippen molar-refractivity contribution in [2.75, 3.05) is 7.11 Å². The first-order valence-electron chi connectivity index (χ1n) is 16.3. The van der Waals surface area contributed by atoms with Gasteiger partial charge in [-0.05, 0) is 125 Å². The molecule has 8 saturated carbocycles. The predicted molar refractivity (Wildman–Crippen MR) is 163 cm³/mol. The molecule has 8 fully saturated rings. The third kappa shape index (κ3) is 5.40. The number of pyridine rings is 2. The number of carboxylic acid groups (broad SMARTS) is 1. The second kappa shape index (κ2) is 10.9. The Bertz CT molecular complexity index is 1470. The molecule has 238 valence electrons. The molecule has 10 rings (SSSR count). The number of rotatable bonds is 6. The van der Waals surface area contributed by atoms with Gasteiger partial charge in [0.2, 0.25) is 0 Å². The van der Waals surface area contributed by atoms with Crippen LogP contribution in [-0.2, 0) is 14.3 Å². The molecule has 8 bridgehead atoms. The van der Waals surface area contributed by atoms with Gasteiger partial charge in [-0.1, -0.05) is 12.1 Å². The topological polar surface area (TPSA) is 148 Å². The van der Waals surface area contributed by atoms with E-state index < -0.39 is 16.8 Å². The minimum atomic E-state index is -0.682. The monoisotopic (exact) mass is 614 g/mol. The fourth-order valence-corrected chi connectivity index (χ4v) is 11.1. The summed E-state index contributed by atoms with van der Waals surface area (Å²) in [7, 11) is 1.47. The third-order valence-electron chi connectivity index (χ3n) is 11.7. The van der Waals surface area contributed by atoms with E-state index in [9.17, 15) is 24.3 Å². The van der Waals surface area contributed by atoms with Crippen LogP contribution in [0.25, 0.3) is 0 Å². The van der Waals surface area contributed by atoms with Crippen LogP contribution in [0.15, 0.2) is 48.8 Å². The molecule has 45 heavy (non-hydrogen) atoms. The van der Waals surface area contributed by atoms with Gasteiger partial charge >= 0.3 is 11.9 Å². The molecule has 2 aromatic heterocycles. The van der Waals surface area contributed by atoms with Crippen molar-refractivity contribution < 1.29 is 29.0 Å². The van der Waals surface area contributed by atoms with Crippen molar-refractivity contribution in [3.05, 3.63) is 60.2 Å². The standard InChI is InChI=1S/C18H22N2O3.C17H20N2O3/c1-23-16(22)17-7-12-6-13(8-17)10-18(9-12,11-17)20-15(21)14-4-2-3-5-19-14;20-14(13-3-1-2-4-18-13)19-17-8-11-5-12(9-17)7-16(6-11,10-17)15(21)22/h2-5,12-13H,6-11H2,1H3,(H,20,21);1-4,11-12H,5-10H2,(H,19,20)(H,21,22). The molecule has 4 unspecified atom stereocenters. The highest BCUT2D eigenvalue weighted by molar-refractivity contribution is 5.93. The Balaban J connectivity index is 0.000000145. The molecule has 8 aliphatic rings. The van der Waals surface area contributed by atoms with E-state index in [2.05, 4.69) is 20.6 Å². The van der Waals surface area contributed by atoms with Crippen LogP contribution in [0.3, 0.4) is 0 Å². The number of aliphatic carboxylic acids is 1. The number of carbonyl (C=O) groups is 4. The van der Waals surface area contributed by atoms with Crippen molar-refractivity contribution in [2.24, 2.45) is 34.5 Å². The summed E-state index contributed by atoms with van der Waals surface area (Å²) in [5.74, 6) is 0.804. The van der Waals surface area contributed by atoms with Crippen LogP contribution in [-0.4, -0.2) is 57.0 Å². The van der Waals surface area contributed by atoms with Crippen molar-refractivity contribution in [1.29, 1.82) is 0 Å². The number of nitrogens with zero attached hydrogens (tertiary/aromatic N) is 2. The molecule has 0 aliphatic heterocycles. The number of methoxy groups -OCH3 is 1. The van der Waals surface area contributed by atoms with E-state index in [1.807, 2.05) is 6.07 Å². The number of ether oxygens (including phenoxy) is 1. The van der Waals surface area contributed by atoms with Gasteiger partial charge in [-0.25, -0.2) is 0 Å². The highest BCUT2D eigenvalue weighted by Crippen LogP contribution is 2.63. The number of hydrogen-bond acceptors (Lipinski definition) is 7. The Morgan fingerprint density at radius 2 is 1.11 bits per heavy atom. The highest BCUT2D eigenvalue weighted by atomic mass is 16.5. The molecular formula is C35H42N4O6. The van der Waals surface area contributed by atoms with Gasteiger partial charge in [0, 0.05) is 23.5 Å². The van der Waals surface area contributed by atoms with Crippen molar-refractivity contribution in [3.63, 3.8) is 0 Å². The van der Waals surface area contributed by atoms with Gasteiger partial charge in [-0.2, -0.15) is 0 Å². The molecule has 0 radical (unpaired) electrons. The van der Waals surface area contributed by atoms with Gasteiger partial charge in [0.1, 0.15) is 11.4 Å². The van der Waals surface area contributed by atoms with Crippen LogP contribution < -0.4 is 10.6 Å². The van der Waals surface area contributed by atoms with E-state index in [0.717, 1.165) is 57.8 Å². The molecule has 10 nitrogen and oxygen atoms in total. The summed E-state index contributed by atoms with van der Waals surface area (Å²) in [6, 6.07) is 10.6. The van der Waals surface area contributed by atoms with Crippen molar-refractivity contribution in [3.8, 4) is 0 Å². The molecule has 2 amide bonds. The smallest absolute Gasteiger partial charge is 0.311 e. The Morgan fingerprint density at radius 3 is 1.49 bits per heavy atom. The molecule has 0 aromatic carbocycles. The zero-order chi connectivity index (χ0) is 31.5. The molecule has 4 atom stereocenters. The van der Waals surface area contributed by atoms with E-state index in [4.69, 9.17) is 4.74 Å². The average Bonchev–Trinajstić information content (AvgIpc) is 3.00. The fourth-order valence-electron chi connectivity index (χ4n) is 11.1. The number of esters is 1. The highest BCUT2D eigenvalue weighted by Gasteiger charge is 2.62. The number of hydrogen-bond donors (Lipinski definition) is 3. The summed E-state index contributed by atoms with van der Waals surface area (Å²) < 4.78 is 5.11. The molecule has 0 spiro atoms. The lowest BCUT2D eigenvalue weighted by Gasteiger charge is -2.60. The number of carboxylic acids is 1. The van der Waals surface area contributed by atoms with Crippen LogP contribution in [0.5, 0.6) is 0 Å². The first-order valence-corrected chi connectivity index (χ1v) is 16.3. The Kier molecular flexibility index (Phi) is 7.24. The number of aromatic nitrogens is 2. The zero-order valence-corrected chi connectivity index (χ0v) is 25.8. The second-order valence-corrected chi connectivity index (χ2v) is 15.2. The van der Waals surface area contributed by atoms with Crippen LogP contribution in [0.2, 0.25) is 0 Å². The Labute approximate surface area is 263 Å². The zero-order valence-electron chi connectivity index (χ0n) is 25.8. The van der Waals surface area contributed by atoms with E-state index in [-0.39, 0.29) is 28.9 Å². The minimum absolute atomic E-state index is 0.0944. The van der Waals surface area contributed by atoms with Gasteiger partial charge in [0.05, 0.1) is 17.9 Å². The molecule has 2 aromatic rings. The molecular weight excluding hydrogens is 572 g/mol. The molecule has 3 N–H and O–H groups in total. The third-order valence-corrected chi connectivity index (χ3v) is 11.7. The SMILES string of the molecule is COC(=O)C12CC3CC(CC(NC(=O)c4ccccn4)(C3)C1)C2.O=C(NC12CC3CC(C1)CC(C(=O)O)(C3)C2)c1ccccn1. The predicted octanol–water partition coefficient (Wildman–Crippen LogP) is 4.56. The first-order chi connectivity index (χ1) is 21.5. The lowest BCUT2D eigenvalue weighted by atomic mass is 9.47. The van der Waals surface area contributed by atoms with E-state index >= 15 is 0 Å². The van der Waals surface area contributed by atoms with Gasteiger partial charge in [-0.15, -0.1) is 0 Å². The molecule has 2 heterocycles. The number of nitrogens with one attached hydrogen (secondary N) is 2. The van der Waals surface area contributed by atoms with Gasteiger partial charge in [0.25, 0.3) is 11.8 Å². The van der Waals surface area contributed by atoms with Gasteiger partial charge < -0.3 is 20.5 Å². The summed E-state index contributed by atoms with van der Waals surface area (Å²) in [5, 5.41) is 16.1. The van der Waals surface area contributed by atoms with Crippen molar-refractivity contribution >= 4 is 23.8 Å². The van der Waals surface area contributed by atoms with Crippen LogP contribution >= 0.6 is 0 Å². The molecule has 0 saturated heterocycles. The van der Waals surface area contributed by atoms with Crippen molar-refractivity contribution in [1.82, 2.24) is 20.6 Å². The minimum Gasteiger partial charge on any atom is -0.481 e. The summed E-state index contributed by atoms with van der Waals surface area (Å²) >= 11 is 0. The molecule has 10 heteroatoms. The van der Waals surface area contributed by atoms with E-state index in [1.165, 1.54) is 13.5 Å². The van der Waals surface area contributed by atoms with Gasteiger partial charge in [0.15, 0.2) is 0 Å². The Hall–Kier alpha value is -3.82. The normalized spacial score (nSPS) is 38.1. The first kappa shape index (κ1) is 29.9. The van der Waals surface area contributed by atoms with E-state index in [1.54, 1.807) is 42.7 Å².